The van der Waals surface area contributed by atoms with Crippen molar-refractivity contribution >= 4 is 22.4 Å². The Hall–Kier alpha value is -1.66. The third kappa shape index (κ3) is 3.91. The van der Waals surface area contributed by atoms with E-state index >= 15 is 0 Å². The fraction of sp³-hybridized carbons (Fsp3) is 0.429. The Bertz CT molecular complexity index is 515. The van der Waals surface area contributed by atoms with E-state index in [1.165, 1.54) is 11.5 Å². The van der Waals surface area contributed by atoms with E-state index in [2.05, 4.69) is 14.7 Å². The van der Waals surface area contributed by atoms with Gasteiger partial charge in [-0.3, -0.25) is 4.98 Å². The summed E-state index contributed by atoms with van der Waals surface area (Å²) in [6, 6.07) is 3.90. The maximum atomic E-state index is 5.97. The standard InChI is InChI=1S/C14H20N4OS/c1-19-10-4-2-3-7-17-14-12(13(15)18-20-14)11-5-8-16-9-6-11/h5-6,8-9,17H,2-4,7,10H2,1H3,(H2,15,18). The molecule has 108 valence electrons. The van der Waals surface area contributed by atoms with Gasteiger partial charge in [0.25, 0.3) is 0 Å². The predicted molar refractivity (Wildman–Crippen MR) is 84.0 cm³/mol. The molecule has 0 unspecified atom stereocenters. The molecule has 0 bridgehead atoms. The average Bonchev–Trinajstić information content (AvgIpc) is 2.84. The van der Waals surface area contributed by atoms with Gasteiger partial charge in [-0.25, -0.2) is 0 Å². The molecule has 0 saturated carbocycles. The summed E-state index contributed by atoms with van der Waals surface area (Å²) in [7, 11) is 1.74. The summed E-state index contributed by atoms with van der Waals surface area (Å²) in [4.78, 5) is 4.03. The second kappa shape index (κ2) is 7.81. The Morgan fingerprint density at radius 3 is 2.80 bits per heavy atom. The largest absolute Gasteiger partial charge is 0.385 e. The van der Waals surface area contributed by atoms with E-state index in [0.29, 0.717) is 5.82 Å². The van der Waals surface area contributed by atoms with Gasteiger partial charge in [0, 0.05) is 32.7 Å². The van der Waals surface area contributed by atoms with Crippen molar-refractivity contribution in [1.29, 1.82) is 0 Å². The van der Waals surface area contributed by atoms with Gasteiger partial charge in [-0.1, -0.05) is 0 Å². The van der Waals surface area contributed by atoms with E-state index in [1.807, 2.05) is 12.1 Å². The molecule has 0 fully saturated rings. The summed E-state index contributed by atoms with van der Waals surface area (Å²) in [6.07, 6.45) is 6.89. The number of nitrogens with one attached hydrogen (secondary N) is 1. The summed E-state index contributed by atoms with van der Waals surface area (Å²) < 4.78 is 9.27. The van der Waals surface area contributed by atoms with E-state index in [4.69, 9.17) is 10.5 Å². The van der Waals surface area contributed by atoms with Crippen LogP contribution < -0.4 is 11.1 Å². The first-order chi connectivity index (χ1) is 9.83. The molecule has 0 amide bonds. The molecular weight excluding hydrogens is 272 g/mol. The number of nitrogens with zero attached hydrogens (tertiary/aromatic N) is 2. The lowest BCUT2D eigenvalue weighted by atomic mass is 10.1. The smallest absolute Gasteiger partial charge is 0.147 e. The average molecular weight is 292 g/mol. The van der Waals surface area contributed by atoms with Crippen LogP contribution in [0.5, 0.6) is 0 Å². The molecule has 0 radical (unpaired) electrons. The predicted octanol–water partition coefficient (Wildman–Crippen LogP) is 3.02. The summed E-state index contributed by atoms with van der Waals surface area (Å²) in [6.45, 7) is 1.75. The highest BCUT2D eigenvalue weighted by molar-refractivity contribution is 7.11. The van der Waals surface area contributed by atoms with Gasteiger partial charge in [0.15, 0.2) is 0 Å². The number of pyridine rings is 1. The van der Waals surface area contributed by atoms with Crippen molar-refractivity contribution < 1.29 is 4.74 Å². The number of hydrogen-bond donors (Lipinski definition) is 2. The third-order valence-corrected chi connectivity index (χ3v) is 3.82. The Morgan fingerprint density at radius 2 is 2.05 bits per heavy atom. The number of methoxy groups -OCH3 is 1. The van der Waals surface area contributed by atoms with Gasteiger partial charge in [-0.05, 0) is 48.5 Å². The number of rotatable bonds is 8. The van der Waals surface area contributed by atoms with E-state index in [1.54, 1.807) is 19.5 Å². The van der Waals surface area contributed by atoms with Crippen LogP contribution in [-0.4, -0.2) is 29.6 Å². The van der Waals surface area contributed by atoms with Crippen molar-refractivity contribution in [3.63, 3.8) is 0 Å². The van der Waals surface area contributed by atoms with Crippen LogP contribution >= 0.6 is 11.5 Å². The third-order valence-electron chi connectivity index (χ3n) is 3.00. The minimum Gasteiger partial charge on any atom is -0.385 e. The van der Waals surface area contributed by atoms with Crippen molar-refractivity contribution in [2.45, 2.75) is 19.3 Å². The molecule has 5 nitrogen and oxygen atoms in total. The minimum absolute atomic E-state index is 0.572. The summed E-state index contributed by atoms with van der Waals surface area (Å²) >= 11 is 1.41. The number of nitrogen functional groups attached to an aromatic ring is 1. The monoisotopic (exact) mass is 292 g/mol. The van der Waals surface area contributed by atoms with Crippen LogP contribution in [0.15, 0.2) is 24.5 Å². The molecule has 0 aliphatic heterocycles. The first kappa shape index (κ1) is 14.7. The van der Waals surface area contributed by atoms with Crippen LogP contribution in [0.25, 0.3) is 11.1 Å². The topological polar surface area (TPSA) is 73.1 Å². The Labute approximate surface area is 123 Å². The van der Waals surface area contributed by atoms with Gasteiger partial charge in [0.05, 0.1) is 5.56 Å². The van der Waals surface area contributed by atoms with E-state index in [-0.39, 0.29) is 0 Å². The van der Waals surface area contributed by atoms with Gasteiger partial charge in [-0.15, -0.1) is 0 Å². The molecule has 0 aromatic carbocycles. The van der Waals surface area contributed by atoms with Crippen LogP contribution in [0.2, 0.25) is 0 Å². The number of aromatic nitrogens is 2. The van der Waals surface area contributed by atoms with Crippen molar-refractivity contribution in [3.8, 4) is 11.1 Å². The Balaban J connectivity index is 1.93. The van der Waals surface area contributed by atoms with Crippen molar-refractivity contribution in [3.05, 3.63) is 24.5 Å². The number of nitrogens with two attached hydrogens (primary N) is 1. The van der Waals surface area contributed by atoms with Crippen LogP contribution in [0.3, 0.4) is 0 Å². The van der Waals surface area contributed by atoms with Crippen molar-refractivity contribution in [2.24, 2.45) is 0 Å². The summed E-state index contributed by atoms with van der Waals surface area (Å²) in [5.41, 5.74) is 8.00. The molecule has 0 atom stereocenters. The lowest BCUT2D eigenvalue weighted by Crippen LogP contribution is -2.02. The molecule has 0 saturated heterocycles. The fourth-order valence-corrected chi connectivity index (χ4v) is 2.73. The number of ether oxygens (including phenoxy) is 1. The second-order valence-corrected chi connectivity index (χ2v) is 5.26. The van der Waals surface area contributed by atoms with Gasteiger partial charge < -0.3 is 15.8 Å². The molecule has 3 N–H and O–H groups in total. The van der Waals surface area contributed by atoms with Crippen LogP contribution in [0.4, 0.5) is 10.8 Å². The first-order valence-corrected chi connectivity index (χ1v) is 7.48. The zero-order valence-electron chi connectivity index (χ0n) is 11.6. The minimum atomic E-state index is 0.572. The van der Waals surface area contributed by atoms with Gasteiger partial charge in [-0.2, -0.15) is 4.37 Å². The molecule has 6 heteroatoms. The Kier molecular flexibility index (Phi) is 5.76. The highest BCUT2D eigenvalue weighted by Crippen LogP contribution is 2.36. The van der Waals surface area contributed by atoms with Gasteiger partial charge in [0.1, 0.15) is 10.8 Å². The zero-order chi connectivity index (χ0) is 14.2. The summed E-state index contributed by atoms with van der Waals surface area (Å²) in [5.74, 6) is 0.572. The van der Waals surface area contributed by atoms with Crippen molar-refractivity contribution in [2.75, 3.05) is 31.3 Å². The van der Waals surface area contributed by atoms with Crippen LogP contribution in [-0.2, 0) is 4.74 Å². The number of anilines is 2. The SMILES string of the molecule is COCCCCCNc1snc(N)c1-c1ccncc1. The lowest BCUT2D eigenvalue weighted by molar-refractivity contribution is 0.192. The van der Waals surface area contributed by atoms with Crippen LogP contribution in [0.1, 0.15) is 19.3 Å². The highest BCUT2D eigenvalue weighted by atomic mass is 32.1. The molecule has 2 rings (SSSR count). The number of unbranched alkanes of at least 4 members (excludes halogenated alkanes) is 2. The second-order valence-electron chi connectivity index (χ2n) is 4.49. The maximum Gasteiger partial charge on any atom is 0.147 e. The Morgan fingerprint density at radius 1 is 1.25 bits per heavy atom. The maximum absolute atomic E-state index is 5.97. The lowest BCUT2D eigenvalue weighted by Gasteiger charge is -2.07. The van der Waals surface area contributed by atoms with Gasteiger partial charge in [0.2, 0.25) is 0 Å². The molecule has 0 spiro atoms. The zero-order valence-corrected chi connectivity index (χ0v) is 12.4. The quantitative estimate of drug-likeness (QED) is 0.732. The first-order valence-electron chi connectivity index (χ1n) is 6.71. The van der Waals surface area contributed by atoms with Gasteiger partial charge >= 0.3 is 0 Å². The molecular formula is C14H20N4OS. The van der Waals surface area contributed by atoms with E-state index < -0.39 is 0 Å². The normalized spacial score (nSPS) is 10.7. The van der Waals surface area contributed by atoms with Crippen LogP contribution in [0, 0.1) is 0 Å². The molecule has 2 aromatic heterocycles. The molecule has 2 aromatic rings. The number of hydrogen-bond acceptors (Lipinski definition) is 6. The molecule has 0 aliphatic carbocycles. The van der Waals surface area contributed by atoms with E-state index in [0.717, 1.165) is 48.5 Å². The summed E-state index contributed by atoms with van der Waals surface area (Å²) in [5, 5.41) is 4.45. The van der Waals surface area contributed by atoms with Crippen molar-refractivity contribution in [1.82, 2.24) is 9.36 Å². The van der Waals surface area contributed by atoms with E-state index in [9.17, 15) is 0 Å². The molecule has 0 aliphatic rings. The molecule has 20 heavy (non-hydrogen) atoms. The molecule has 2 heterocycles. The fourth-order valence-electron chi connectivity index (χ4n) is 1.97. The highest BCUT2D eigenvalue weighted by Gasteiger charge is 2.12.